The Hall–Kier alpha value is -2.98. The number of hydrogen-bond donors (Lipinski definition) is 3. The van der Waals surface area contributed by atoms with Gasteiger partial charge in [0.05, 0.1) is 28.8 Å². The van der Waals surface area contributed by atoms with Gasteiger partial charge in [-0.1, -0.05) is 29.8 Å². The molecule has 6 nitrogen and oxygen atoms in total. The number of hydrogen-bond acceptors (Lipinski definition) is 4. The number of aliphatic carboxylic acids is 1. The molecule has 180 valence electrons. The van der Waals surface area contributed by atoms with Crippen LogP contribution in [0.15, 0.2) is 59.5 Å². The highest BCUT2D eigenvalue weighted by Gasteiger charge is 2.35. The summed E-state index contributed by atoms with van der Waals surface area (Å²) >= 11 is 6.72. The number of nitrogens with one attached hydrogen (secondary N) is 2. The number of carboxylic acids is 1. The molecule has 0 aliphatic heterocycles. The zero-order valence-electron chi connectivity index (χ0n) is 17.6. The first kappa shape index (κ1) is 25.6. The van der Waals surface area contributed by atoms with E-state index in [4.69, 9.17) is 11.6 Å². The molecule has 0 bridgehead atoms. The molecule has 0 aromatic heterocycles. The van der Waals surface area contributed by atoms with Crippen molar-refractivity contribution in [1.29, 1.82) is 0 Å². The Morgan fingerprint density at radius 1 is 1.03 bits per heavy atom. The summed E-state index contributed by atoms with van der Waals surface area (Å²) in [7, 11) is 0. The summed E-state index contributed by atoms with van der Waals surface area (Å²) in [4.78, 5) is 36.9. The second kappa shape index (κ2) is 11.0. The average Bonchev–Trinajstić information content (AvgIpc) is 2.78. The number of carboxylic acid groups (broad SMARTS) is 1. The lowest BCUT2D eigenvalue weighted by atomic mass is 9.82. The summed E-state index contributed by atoms with van der Waals surface area (Å²) in [5, 5.41) is 14.2. The summed E-state index contributed by atoms with van der Waals surface area (Å²) in [5.74, 6) is -3.78. The van der Waals surface area contributed by atoms with Crippen molar-refractivity contribution in [2.75, 3.05) is 16.4 Å². The Kier molecular flexibility index (Phi) is 8.27. The van der Waals surface area contributed by atoms with E-state index in [1.165, 1.54) is 6.07 Å². The fourth-order valence-electron chi connectivity index (χ4n) is 3.47. The molecule has 34 heavy (non-hydrogen) atoms. The van der Waals surface area contributed by atoms with Gasteiger partial charge in [0.25, 0.3) is 0 Å². The molecule has 3 N–H and O–H groups in total. The standard InChI is InChI=1S/C23H20ClF3N2O4S/c24-13-8-9-19(18(10-13)23(25,26)27)29-20(30)12-34-15-5-3-4-14(11-15)28-21(31)16-6-1-2-7-17(16)22(32)33/h1-5,8-11,16-17H,6-7,12H2,(H,28,31)(H,29,30)(H,32,33). The molecule has 11 heteroatoms. The van der Waals surface area contributed by atoms with E-state index in [2.05, 4.69) is 10.6 Å². The summed E-state index contributed by atoms with van der Waals surface area (Å²) in [6.45, 7) is 0. The molecule has 0 fully saturated rings. The van der Waals surface area contributed by atoms with Crippen molar-refractivity contribution in [1.82, 2.24) is 0 Å². The predicted molar refractivity (Wildman–Crippen MR) is 124 cm³/mol. The lowest BCUT2D eigenvalue weighted by molar-refractivity contribution is -0.146. The molecule has 0 radical (unpaired) electrons. The second-order valence-corrected chi connectivity index (χ2v) is 9.02. The van der Waals surface area contributed by atoms with Crippen LogP contribution in [-0.4, -0.2) is 28.6 Å². The summed E-state index contributed by atoms with van der Waals surface area (Å²) < 4.78 is 39.6. The molecule has 2 aromatic carbocycles. The van der Waals surface area contributed by atoms with Gasteiger partial charge in [0.2, 0.25) is 11.8 Å². The molecule has 3 rings (SSSR count). The van der Waals surface area contributed by atoms with Crippen molar-refractivity contribution in [3.8, 4) is 0 Å². The van der Waals surface area contributed by atoms with Gasteiger partial charge in [0, 0.05) is 15.6 Å². The minimum atomic E-state index is -4.68. The summed E-state index contributed by atoms with van der Waals surface area (Å²) in [5.41, 5.74) is -1.01. The van der Waals surface area contributed by atoms with Gasteiger partial charge in [-0.25, -0.2) is 0 Å². The molecule has 1 aliphatic rings. The van der Waals surface area contributed by atoms with Gasteiger partial charge in [0.15, 0.2) is 0 Å². The van der Waals surface area contributed by atoms with Crippen LogP contribution in [0.1, 0.15) is 18.4 Å². The zero-order chi connectivity index (χ0) is 24.9. The van der Waals surface area contributed by atoms with Gasteiger partial charge in [-0.15, -0.1) is 11.8 Å². The van der Waals surface area contributed by atoms with E-state index < -0.39 is 47.0 Å². The van der Waals surface area contributed by atoms with Gasteiger partial charge in [-0.2, -0.15) is 13.2 Å². The monoisotopic (exact) mass is 512 g/mol. The van der Waals surface area contributed by atoms with Crippen LogP contribution in [0.2, 0.25) is 5.02 Å². The van der Waals surface area contributed by atoms with E-state index in [1.54, 1.807) is 36.4 Å². The molecule has 2 amide bonds. The molecule has 0 heterocycles. The van der Waals surface area contributed by atoms with Crippen molar-refractivity contribution in [3.63, 3.8) is 0 Å². The molecule has 1 aliphatic carbocycles. The Balaban J connectivity index is 1.61. The molecule has 2 atom stereocenters. The van der Waals surface area contributed by atoms with Crippen LogP contribution in [0.5, 0.6) is 0 Å². The van der Waals surface area contributed by atoms with Crippen LogP contribution in [0, 0.1) is 11.8 Å². The van der Waals surface area contributed by atoms with Crippen LogP contribution in [-0.2, 0) is 20.6 Å². The Morgan fingerprint density at radius 3 is 2.41 bits per heavy atom. The lowest BCUT2D eigenvalue weighted by Gasteiger charge is -2.24. The Morgan fingerprint density at radius 2 is 1.74 bits per heavy atom. The first-order chi connectivity index (χ1) is 16.0. The van der Waals surface area contributed by atoms with Crippen LogP contribution < -0.4 is 10.6 Å². The fourth-order valence-corrected chi connectivity index (χ4v) is 4.40. The van der Waals surface area contributed by atoms with Crippen molar-refractivity contribution in [2.45, 2.75) is 23.9 Å². The van der Waals surface area contributed by atoms with Crippen LogP contribution in [0.4, 0.5) is 24.5 Å². The summed E-state index contributed by atoms with van der Waals surface area (Å²) in [6, 6.07) is 9.64. The average molecular weight is 513 g/mol. The number of thioether (sulfide) groups is 1. The number of carbonyl (C=O) groups is 3. The van der Waals surface area contributed by atoms with Crippen molar-refractivity contribution in [2.24, 2.45) is 11.8 Å². The SMILES string of the molecule is O=C(CSc1cccc(NC(=O)C2CC=CCC2C(=O)O)c1)Nc1ccc(Cl)cc1C(F)(F)F. The minimum absolute atomic E-state index is 0.0996. The van der Waals surface area contributed by atoms with Crippen LogP contribution >= 0.6 is 23.4 Å². The number of carbonyl (C=O) groups excluding carboxylic acids is 2. The molecule has 0 saturated carbocycles. The Labute approximate surface area is 202 Å². The zero-order valence-corrected chi connectivity index (χ0v) is 19.1. The molecule has 0 spiro atoms. The number of allylic oxidation sites excluding steroid dienone is 2. The highest BCUT2D eigenvalue weighted by molar-refractivity contribution is 8.00. The third-order valence-electron chi connectivity index (χ3n) is 5.12. The highest BCUT2D eigenvalue weighted by atomic mass is 35.5. The maximum absolute atomic E-state index is 13.2. The second-order valence-electron chi connectivity index (χ2n) is 7.54. The topological polar surface area (TPSA) is 95.5 Å². The summed E-state index contributed by atoms with van der Waals surface area (Å²) in [6.07, 6.45) is -0.558. The number of amides is 2. The highest BCUT2D eigenvalue weighted by Crippen LogP contribution is 2.36. The molecular formula is C23H20ClF3N2O4S. The Bertz CT molecular complexity index is 1120. The van der Waals surface area contributed by atoms with Crippen molar-refractivity contribution in [3.05, 3.63) is 65.2 Å². The van der Waals surface area contributed by atoms with Gasteiger partial charge in [-0.05, 0) is 49.2 Å². The maximum Gasteiger partial charge on any atom is 0.418 e. The first-order valence-corrected chi connectivity index (χ1v) is 11.5. The molecular weight excluding hydrogens is 493 g/mol. The number of halogens is 4. The van der Waals surface area contributed by atoms with Gasteiger partial charge < -0.3 is 15.7 Å². The van der Waals surface area contributed by atoms with Crippen molar-refractivity contribution < 1.29 is 32.7 Å². The maximum atomic E-state index is 13.2. The molecule has 0 saturated heterocycles. The largest absolute Gasteiger partial charge is 0.481 e. The molecule has 2 unspecified atom stereocenters. The van der Waals surface area contributed by atoms with Gasteiger partial charge in [0.1, 0.15) is 0 Å². The predicted octanol–water partition coefficient (Wildman–Crippen LogP) is 5.70. The van der Waals surface area contributed by atoms with Gasteiger partial charge >= 0.3 is 12.1 Å². The van der Waals surface area contributed by atoms with Crippen LogP contribution in [0.3, 0.4) is 0 Å². The van der Waals surface area contributed by atoms with Gasteiger partial charge in [-0.3, -0.25) is 14.4 Å². The van der Waals surface area contributed by atoms with E-state index in [0.29, 0.717) is 17.0 Å². The third kappa shape index (κ3) is 6.77. The van der Waals surface area contributed by atoms with E-state index in [9.17, 15) is 32.7 Å². The van der Waals surface area contributed by atoms with Crippen LogP contribution in [0.25, 0.3) is 0 Å². The molecule has 2 aromatic rings. The fraction of sp³-hybridized carbons (Fsp3) is 0.261. The van der Waals surface area contributed by atoms with Crippen molar-refractivity contribution >= 4 is 52.5 Å². The number of alkyl halides is 3. The normalized spacial score (nSPS) is 17.8. The third-order valence-corrected chi connectivity index (χ3v) is 6.35. The number of anilines is 2. The lowest BCUT2D eigenvalue weighted by Crippen LogP contribution is -2.34. The number of benzene rings is 2. The van der Waals surface area contributed by atoms with E-state index in [0.717, 1.165) is 23.9 Å². The first-order valence-electron chi connectivity index (χ1n) is 10.1. The quantitative estimate of drug-likeness (QED) is 0.327. The number of rotatable bonds is 7. The smallest absolute Gasteiger partial charge is 0.418 e. The minimum Gasteiger partial charge on any atom is -0.481 e. The van der Waals surface area contributed by atoms with E-state index in [1.807, 2.05) is 0 Å². The van der Waals surface area contributed by atoms with E-state index in [-0.39, 0.29) is 17.2 Å². The van der Waals surface area contributed by atoms with E-state index >= 15 is 0 Å².